The molecule has 1 unspecified atom stereocenters. The number of hydrogen-bond donors (Lipinski definition) is 0. The zero-order valence-electron chi connectivity index (χ0n) is 7.80. The summed E-state index contributed by atoms with van der Waals surface area (Å²) in [6.45, 7) is 3.08. The number of rotatable bonds is 1. The first kappa shape index (κ1) is 10.4. The molecular weight excluding hydrogens is 176 g/mol. The van der Waals surface area contributed by atoms with Crippen molar-refractivity contribution in [3.63, 3.8) is 0 Å². The summed E-state index contributed by atoms with van der Waals surface area (Å²) >= 11 is 0. The topological polar surface area (TPSA) is 20.3 Å². The number of nitrogens with zero attached hydrogens (tertiary/aromatic N) is 1. The van der Waals surface area contributed by atoms with Gasteiger partial charge in [0.05, 0.1) is 0 Å². The third kappa shape index (κ3) is 2.94. The van der Waals surface area contributed by atoms with E-state index in [4.69, 9.17) is 0 Å². The summed E-state index contributed by atoms with van der Waals surface area (Å²) in [4.78, 5) is 12.2. The van der Waals surface area contributed by atoms with Crippen molar-refractivity contribution in [3.05, 3.63) is 0 Å². The number of carbonyl (C=O) groups excluding carboxylic acids is 1. The van der Waals surface area contributed by atoms with Gasteiger partial charge in [-0.3, -0.25) is 4.79 Å². The summed E-state index contributed by atoms with van der Waals surface area (Å²) in [7, 11) is 0. The molecule has 0 bridgehead atoms. The Kier molecular flexibility index (Phi) is 3.63. The molecule has 1 aliphatic rings. The first-order chi connectivity index (χ1) is 6.11. The second-order valence-corrected chi connectivity index (χ2v) is 3.66. The maximum Gasteiger partial charge on any atom is 0.315 e. The number of carbonyl (C=O) groups is 1. The number of hydrogen-bond acceptors (Lipinski definition) is 1. The fraction of sp³-hybridized carbons (Fsp3) is 0.889. The van der Waals surface area contributed by atoms with Gasteiger partial charge in [0.1, 0.15) is 0 Å². The van der Waals surface area contributed by atoms with Crippen LogP contribution >= 0.6 is 0 Å². The highest BCUT2D eigenvalue weighted by Gasteiger charge is 2.24. The zero-order chi connectivity index (χ0) is 9.84. The predicted molar refractivity (Wildman–Crippen MR) is 45.6 cm³/mol. The van der Waals surface area contributed by atoms with Crippen LogP contribution in [0.5, 0.6) is 0 Å². The van der Waals surface area contributed by atoms with E-state index in [0.29, 0.717) is 19.0 Å². The molecule has 76 valence electrons. The van der Waals surface area contributed by atoms with Crippen molar-refractivity contribution < 1.29 is 13.6 Å². The van der Waals surface area contributed by atoms with E-state index in [0.717, 1.165) is 19.3 Å². The average Bonchev–Trinajstić information content (AvgIpc) is 2.28. The highest BCUT2D eigenvalue weighted by molar-refractivity contribution is 5.79. The second kappa shape index (κ2) is 4.53. The van der Waals surface area contributed by atoms with Gasteiger partial charge in [0.2, 0.25) is 0 Å². The molecule has 4 heteroatoms. The third-order valence-electron chi connectivity index (χ3n) is 2.52. The van der Waals surface area contributed by atoms with Crippen LogP contribution in [-0.2, 0) is 4.79 Å². The van der Waals surface area contributed by atoms with Gasteiger partial charge in [-0.05, 0) is 25.2 Å². The minimum Gasteiger partial charge on any atom is -0.338 e. The monoisotopic (exact) mass is 191 g/mol. The minimum atomic E-state index is -2.84. The van der Waals surface area contributed by atoms with Gasteiger partial charge < -0.3 is 4.90 Å². The molecule has 1 aliphatic heterocycles. The summed E-state index contributed by atoms with van der Waals surface area (Å²) in [5, 5.41) is 0. The van der Waals surface area contributed by atoms with Crippen LogP contribution in [0.25, 0.3) is 0 Å². The van der Waals surface area contributed by atoms with Crippen LogP contribution in [0.2, 0.25) is 0 Å². The Balaban J connectivity index is 2.46. The molecular formula is C9H15F2NO. The average molecular weight is 191 g/mol. The number of halogens is 2. The van der Waals surface area contributed by atoms with E-state index < -0.39 is 12.3 Å². The van der Waals surface area contributed by atoms with Crippen LogP contribution in [0.1, 0.15) is 26.2 Å². The summed E-state index contributed by atoms with van der Waals surface area (Å²) in [6.07, 6.45) is -0.112. The Hall–Kier alpha value is -0.670. The van der Waals surface area contributed by atoms with Gasteiger partial charge in [-0.1, -0.05) is 6.92 Å². The van der Waals surface area contributed by atoms with Crippen molar-refractivity contribution in [3.8, 4) is 0 Å². The highest BCUT2D eigenvalue weighted by atomic mass is 19.3. The second-order valence-electron chi connectivity index (χ2n) is 3.66. The molecule has 0 aromatic carbocycles. The molecule has 2 nitrogen and oxygen atoms in total. The fourth-order valence-corrected chi connectivity index (χ4v) is 1.62. The Morgan fingerprint density at radius 2 is 2.08 bits per heavy atom. The van der Waals surface area contributed by atoms with Crippen molar-refractivity contribution in [2.45, 2.75) is 32.6 Å². The van der Waals surface area contributed by atoms with Gasteiger partial charge >= 0.3 is 6.43 Å². The Morgan fingerprint density at radius 1 is 1.38 bits per heavy atom. The van der Waals surface area contributed by atoms with E-state index in [1.54, 1.807) is 0 Å². The summed E-state index contributed by atoms with van der Waals surface area (Å²) in [5.41, 5.74) is 0. The van der Waals surface area contributed by atoms with E-state index in [1.165, 1.54) is 4.90 Å². The van der Waals surface area contributed by atoms with Crippen molar-refractivity contribution in [1.82, 2.24) is 4.90 Å². The van der Waals surface area contributed by atoms with Crippen molar-refractivity contribution in [2.75, 3.05) is 13.1 Å². The SMILES string of the molecule is CC1CCCN(C(=O)C(F)F)CC1. The Morgan fingerprint density at radius 3 is 2.69 bits per heavy atom. The molecule has 0 aromatic heterocycles. The first-order valence-corrected chi connectivity index (χ1v) is 4.68. The van der Waals surface area contributed by atoms with Gasteiger partial charge in [0.15, 0.2) is 0 Å². The smallest absolute Gasteiger partial charge is 0.315 e. The lowest BCUT2D eigenvalue weighted by Crippen LogP contribution is -2.36. The Labute approximate surface area is 76.9 Å². The van der Waals surface area contributed by atoms with Crippen molar-refractivity contribution >= 4 is 5.91 Å². The van der Waals surface area contributed by atoms with E-state index in [-0.39, 0.29) is 0 Å². The first-order valence-electron chi connectivity index (χ1n) is 4.68. The third-order valence-corrected chi connectivity index (χ3v) is 2.52. The van der Waals surface area contributed by atoms with Crippen molar-refractivity contribution in [1.29, 1.82) is 0 Å². The fourth-order valence-electron chi connectivity index (χ4n) is 1.62. The van der Waals surface area contributed by atoms with Crippen LogP contribution in [-0.4, -0.2) is 30.3 Å². The number of amides is 1. The predicted octanol–water partition coefficient (Wildman–Crippen LogP) is 1.90. The molecule has 1 saturated heterocycles. The molecule has 1 rings (SSSR count). The summed E-state index contributed by atoms with van der Waals surface area (Å²) in [6, 6.07) is 0. The largest absolute Gasteiger partial charge is 0.338 e. The molecule has 1 amide bonds. The van der Waals surface area contributed by atoms with E-state index in [9.17, 15) is 13.6 Å². The van der Waals surface area contributed by atoms with E-state index in [1.807, 2.05) is 0 Å². The molecule has 1 heterocycles. The molecule has 13 heavy (non-hydrogen) atoms. The molecule has 0 N–H and O–H groups in total. The highest BCUT2D eigenvalue weighted by Crippen LogP contribution is 2.17. The standard InChI is InChI=1S/C9H15F2NO/c1-7-3-2-5-12(6-4-7)9(13)8(10)11/h7-8H,2-6H2,1H3. The van der Waals surface area contributed by atoms with Gasteiger partial charge in [-0.2, -0.15) is 8.78 Å². The summed E-state index contributed by atoms with van der Waals surface area (Å²) < 4.78 is 24.1. The molecule has 0 aliphatic carbocycles. The molecule has 0 aromatic rings. The van der Waals surface area contributed by atoms with Gasteiger partial charge in [-0.15, -0.1) is 0 Å². The molecule has 1 atom stereocenters. The van der Waals surface area contributed by atoms with Gasteiger partial charge in [0, 0.05) is 13.1 Å². The van der Waals surface area contributed by atoms with Crippen LogP contribution in [0.3, 0.4) is 0 Å². The Bertz CT molecular complexity index is 184. The van der Waals surface area contributed by atoms with E-state index >= 15 is 0 Å². The molecule has 0 saturated carbocycles. The maximum atomic E-state index is 12.1. The number of alkyl halides is 2. The van der Waals surface area contributed by atoms with E-state index in [2.05, 4.69) is 6.92 Å². The quantitative estimate of drug-likeness (QED) is 0.620. The lowest BCUT2D eigenvalue weighted by Gasteiger charge is -2.19. The van der Waals surface area contributed by atoms with Gasteiger partial charge in [0.25, 0.3) is 5.91 Å². The van der Waals surface area contributed by atoms with Crippen LogP contribution < -0.4 is 0 Å². The maximum absolute atomic E-state index is 12.1. The van der Waals surface area contributed by atoms with Crippen molar-refractivity contribution in [2.24, 2.45) is 5.92 Å². The molecule has 0 spiro atoms. The van der Waals surface area contributed by atoms with Crippen LogP contribution in [0, 0.1) is 5.92 Å². The lowest BCUT2D eigenvalue weighted by molar-refractivity contribution is -0.142. The van der Waals surface area contributed by atoms with Crippen LogP contribution in [0.15, 0.2) is 0 Å². The molecule has 1 fully saturated rings. The minimum absolute atomic E-state index is 0.490. The zero-order valence-corrected chi connectivity index (χ0v) is 7.80. The van der Waals surface area contributed by atoms with Crippen LogP contribution in [0.4, 0.5) is 8.78 Å². The summed E-state index contributed by atoms with van der Waals surface area (Å²) in [5.74, 6) is -0.454. The normalized spacial score (nSPS) is 24.6. The van der Waals surface area contributed by atoms with Gasteiger partial charge in [-0.25, -0.2) is 0 Å². The molecule has 0 radical (unpaired) electrons. The lowest BCUT2D eigenvalue weighted by atomic mass is 10.0. The number of likely N-dealkylation sites (tertiary alicyclic amines) is 1.